The Morgan fingerprint density at radius 2 is 1.88 bits per heavy atom. The summed E-state index contributed by atoms with van der Waals surface area (Å²) in [4.78, 5) is 10.3. The van der Waals surface area contributed by atoms with E-state index < -0.39 is 16.0 Å². The van der Waals surface area contributed by atoms with Gasteiger partial charge in [-0.2, -0.15) is 0 Å². The van der Waals surface area contributed by atoms with Crippen molar-refractivity contribution < 1.29 is 18.3 Å². The Balaban J connectivity index is 2.80. The highest BCUT2D eigenvalue weighted by atomic mass is 32.2. The fraction of sp³-hybridized carbons (Fsp3) is 0.100. The molecule has 0 aliphatic carbocycles. The van der Waals surface area contributed by atoms with Crippen LogP contribution in [0.2, 0.25) is 0 Å². The molecule has 0 fully saturated rings. The lowest BCUT2D eigenvalue weighted by atomic mass is 10.2. The first-order chi connectivity index (χ1) is 7.39. The third kappa shape index (κ3) is 3.84. The predicted octanol–water partition coefficient (Wildman–Crippen LogP) is 0.822. The molecule has 0 saturated heterocycles. The standard InChI is InChI=1S/C10H11NO4S/c11-16(14,15)9-6-4-8(5-7-9)2-1-3-10(12)13/h1-2,4-7H,3H2,(H,12,13)(H2,11,14,15). The molecule has 86 valence electrons. The molecule has 0 aromatic heterocycles. The van der Waals surface area contributed by atoms with E-state index in [2.05, 4.69) is 0 Å². The van der Waals surface area contributed by atoms with Crippen LogP contribution >= 0.6 is 0 Å². The zero-order valence-corrected chi connectivity index (χ0v) is 9.15. The maximum atomic E-state index is 10.9. The second-order valence-corrected chi connectivity index (χ2v) is 4.68. The smallest absolute Gasteiger partial charge is 0.307 e. The van der Waals surface area contributed by atoms with Crippen LogP contribution < -0.4 is 5.14 Å². The number of carboxylic acid groups (broad SMARTS) is 1. The zero-order chi connectivity index (χ0) is 12.2. The highest BCUT2D eigenvalue weighted by Gasteiger charge is 2.05. The molecular formula is C10H11NO4S. The summed E-state index contributed by atoms with van der Waals surface area (Å²) in [6.45, 7) is 0. The number of nitrogens with two attached hydrogens (primary N) is 1. The fourth-order valence-corrected chi connectivity index (χ4v) is 1.58. The molecule has 1 aromatic carbocycles. The van der Waals surface area contributed by atoms with Crippen molar-refractivity contribution in [2.24, 2.45) is 5.14 Å². The van der Waals surface area contributed by atoms with E-state index in [1.807, 2.05) is 0 Å². The molecule has 5 nitrogen and oxygen atoms in total. The minimum absolute atomic E-state index is 0.0304. The van der Waals surface area contributed by atoms with Crippen molar-refractivity contribution >= 4 is 22.1 Å². The molecule has 0 saturated carbocycles. The second kappa shape index (κ2) is 4.91. The third-order valence-corrected chi connectivity index (χ3v) is 2.74. The first kappa shape index (κ1) is 12.4. The van der Waals surface area contributed by atoms with Gasteiger partial charge in [-0.15, -0.1) is 0 Å². The van der Waals surface area contributed by atoms with E-state index in [-0.39, 0.29) is 11.3 Å². The lowest BCUT2D eigenvalue weighted by Crippen LogP contribution is -2.11. The minimum Gasteiger partial charge on any atom is -0.481 e. The van der Waals surface area contributed by atoms with Crippen LogP contribution in [0.5, 0.6) is 0 Å². The molecule has 0 amide bonds. The van der Waals surface area contributed by atoms with E-state index >= 15 is 0 Å². The van der Waals surface area contributed by atoms with Crippen molar-refractivity contribution in [3.8, 4) is 0 Å². The molecule has 1 rings (SSSR count). The predicted molar refractivity (Wildman–Crippen MR) is 59.1 cm³/mol. The summed E-state index contributed by atoms with van der Waals surface area (Å²) in [7, 11) is -3.67. The highest BCUT2D eigenvalue weighted by molar-refractivity contribution is 7.89. The van der Waals surface area contributed by atoms with Gasteiger partial charge in [-0.25, -0.2) is 13.6 Å². The van der Waals surface area contributed by atoms with Crippen molar-refractivity contribution in [3.05, 3.63) is 35.9 Å². The number of hydrogen-bond acceptors (Lipinski definition) is 3. The summed E-state index contributed by atoms with van der Waals surface area (Å²) >= 11 is 0. The number of primary sulfonamides is 1. The average Bonchev–Trinajstić information content (AvgIpc) is 2.16. The topological polar surface area (TPSA) is 97.5 Å². The molecule has 1 aromatic rings. The van der Waals surface area contributed by atoms with Crippen molar-refractivity contribution in [3.63, 3.8) is 0 Å². The van der Waals surface area contributed by atoms with E-state index in [4.69, 9.17) is 10.2 Å². The molecule has 0 radical (unpaired) electrons. The Bertz CT molecular complexity index is 502. The molecule has 0 atom stereocenters. The minimum atomic E-state index is -3.67. The van der Waals surface area contributed by atoms with Crippen molar-refractivity contribution in [1.29, 1.82) is 0 Å². The Hall–Kier alpha value is -1.66. The van der Waals surface area contributed by atoms with E-state index in [0.29, 0.717) is 5.56 Å². The lowest BCUT2D eigenvalue weighted by molar-refractivity contribution is -0.135. The van der Waals surface area contributed by atoms with Gasteiger partial charge in [0.15, 0.2) is 0 Å². The van der Waals surface area contributed by atoms with Gasteiger partial charge in [-0.1, -0.05) is 24.3 Å². The van der Waals surface area contributed by atoms with Gasteiger partial charge in [0.2, 0.25) is 10.0 Å². The molecule has 6 heteroatoms. The molecule has 0 spiro atoms. The summed E-state index contributed by atoms with van der Waals surface area (Å²) in [5.41, 5.74) is 0.716. The first-order valence-electron chi connectivity index (χ1n) is 4.41. The monoisotopic (exact) mass is 241 g/mol. The zero-order valence-electron chi connectivity index (χ0n) is 8.33. The van der Waals surface area contributed by atoms with E-state index in [0.717, 1.165) is 0 Å². The Labute approximate surface area is 93.3 Å². The van der Waals surface area contributed by atoms with Gasteiger partial charge in [-0.05, 0) is 17.7 Å². The van der Waals surface area contributed by atoms with Crippen LogP contribution in [0.15, 0.2) is 35.2 Å². The number of rotatable bonds is 4. The van der Waals surface area contributed by atoms with Crippen LogP contribution in [0.3, 0.4) is 0 Å². The normalized spacial score (nSPS) is 11.8. The Kier molecular flexibility index (Phi) is 3.81. The van der Waals surface area contributed by atoms with Crippen LogP contribution in [0.25, 0.3) is 6.08 Å². The van der Waals surface area contributed by atoms with E-state index in [9.17, 15) is 13.2 Å². The number of sulfonamides is 1. The second-order valence-electron chi connectivity index (χ2n) is 3.11. The molecule has 0 aliphatic rings. The SMILES string of the molecule is NS(=O)(=O)c1ccc(C=CCC(=O)O)cc1. The fourth-order valence-electron chi connectivity index (χ4n) is 1.06. The largest absolute Gasteiger partial charge is 0.481 e. The quantitative estimate of drug-likeness (QED) is 0.815. The molecule has 0 aliphatic heterocycles. The highest BCUT2D eigenvalue weighted by Crippen LogP contribution is 2.10. The average molecular weight is 241 g/mol. The van der Waals surface area contributed by atoms with Crippen molar-refractivity contribution in [2.75, 3.05) is 0 Å². The molecule has 0 unspecified atom stereocenters. The maximum absolute atomic E-state index is 10.9. The van der Waals surface area contributed by atoms with Gasteiger partial charge < -0.3 is 5.11 Å². The van der Waals surface area contributed by atoms with Gasteiger partial charge in [0.25, 0.3) is 0 Å². The van der Waals surface area contributed by atoms with E-state index in [1.54, 1.807) is 18.2 Å². The molecule has 0 bridgehead atoms. The number of aliphatic carboxylic acids is 1. The maximum Gasteiger partial charge on any atom is 0.307 e. The summed E-state index contributed by atoms with van der Waals surface area (Å²) in [6.07, 6.45) is 3.01. The molecule has 0 heterocycles. The van der Waals surface area contributed by atoms with Gasteiger partial charge in [0.1, 0.15) is 0 Å². The molecule has 3 N–H and O–H groups in total. The summed E-state index contributed by atoms with van der Waals surface area (Å²) in [5, 5.41) is 13.3. The summed E-state index contributed by atoms with van der Waals surface area (Å²) < 4.78 is 21.9. The van der Waals surface area contributed by atoms with E-state index in [1.165, 1.54) is 18.2 Å². The Morgan fingerprint density at radius 3 is 2.31 bits per heavy atom. The number of carbonyl (C=O) groups is 1. The van der Waals surface area contributed by atoms with Crippen molar-refractivity contribution in [2.45, 2.75) is 11.3 Å². The third-order valence-electron chi connectivity index (χ3n) is 1.81. The number of benzene rings is 1. The Morgan fingerprint density at radius 1 is 1.31 bits per heavy atom. The van der Waals surface area contributed by atoms with Crippen LogP contribution in [0.4, 0.5) is 0 Å². The summed E-state index contributed by atoms with van der Waals surface area (Å²) in [6, 6.07) is 5.85. The summed E-state index contributed by atoms with van der Waals surface area (Å²) in [5.74, 6) is -0.919. The van der Waals surface area contributed by atoms with Gasteiger partial charge in [0.05, 0.1) is 11.3 Å². The molecular weight excluding hydrogens is 230 g/mol. The lowest BCUT2D eigenvalue weighted by Gasteiger charge is -1.98. The van der Waals surface area contributed by atoms with Crippen LogP contribution in [0.1, 0.15) is 12.0 Å². The van der Waals surface area contributed by atoms with Gasteiger partial charge in [-0.3, -0.25) is 4.79 Å². The van der Waals surface area contributed by atoms with Crippen LogP contribution in [-0.4, -0.2) is 19.5 Å². The van der Waals surface area contributed by atoms with Crippen LogP contribution in [0, 0.1) is 0 Å². The molecule has 16 heavy (non-hydrogen) atoms. The van der Waals surface area contributed by atoms with Gasteiger partial charge in [0, 0.05) is 0 Å². The van der Waals surface area contributed by atoms with Crippen molar-refractivity contribution in [1.82, 2.24) is 0 Å². The number of hydrogen-bond donors (Lipinski definition) is 2. The van der Waals surface area contributed by atoms with Gasteiger partial charge >= 0.3 is 5.97 Å². The first-order valence-corrected chi connectivity index (χ1v) is 5.95. The van der Waals surface area contributed by atoms with Crippen LogP contribution in [-0.2, 0) is 14.8 Å². The number of carboxylic acids is 1.